The number of hydrogen-bond acceptors (Lipinski definition) is 24. The zero-order valence-electron chi connectivity index (χ0n) is 39.1. The fraction of sp³-hybridized carbons (Fsp3) is 1.00. The first-order chi connectivity index (χ1) is 30.3. The van der Waals surface area contributed by atoms with Crippen LogP contribution in [0.3, 0.4) is 0 Å². The van der Waals surface area contributed by atoms with Gasteiger partial charge in [-0.05, 0) is 38.5 Å². The van der Waals surface area contributed by atoms with Gasteiger partial charge in [-0.2, -0.15) is 0 Å². The van der Waals surface area contributed by atoms with Crippen LogP contribution in [0.25, 0.3) is 0 Å². The molecule has 0 aromatic carbocycles. The molecule has 0 amide bonds. The summed E-state index contributed by atoms with van der Waals surface area (Å²) in [4.78, 5) is 1.94. The number of unbranched alkanes of at least 4 members (excludes halogenated alkanes) is 27. The molecule has 25 nitrogen and oxygen atoms in total. The Kier molecular flexibility index (Phi) is 67.5. The topological polar surface area (TPSA) is 486 Å². The van der Waals surface area contributed by atoms with E-state index in [0.717, 1.165) is 0 Å². The Balaban J connectivity index is -0.000000190. The molecule has 0 rings (SSSR count). The van der Waals surface area contributed by atoms with E-state index >= 15 is 0 Å². The van der Waals surface area contributed by atoms with Crippen LogP contribution in [0.1, 0.15) is 213 Å². The van der Waals surface area contributed by atoms with Gasteiger partial charge in [-0.1, -0.05) is 175 Å². The molecule has 0 bridgehead atoms. The van der Waals surface area contributed by atoms with Gasteiger partial charge >= 0.3 is 186 Å². The van der Waals surface area contributed by atoms with E-state index in [1.807, 2.05) is 4.90 Å². The van der Waals surface area contributed by atoms with E-state index in [1.165, 1.54) is 212 Å². The molecule has 0 saturated heterocycles. The molecule has 0 fully saturated rings. The summed E-state index contributed by atoms with van der Waals surface area (Å²) in [5, 5.41) is 0. The molecule has 0 aliphatic heterocycles. The second-order valence-corrected chi connectivity index (χ2v) is 27.0. The summed E-state index contributed by atoms with van der Waals surface area (Å²) >= 11 is -36.1. The van der Waals surface area contributed by atoms with E-state index in [1.54, 1.807) is 0 Å². The maximum atomic E-state index is 8.63. The van der Waals surface area contributed by atoms with Crippen LogP contribution in [0.4, 0.5) is 0 Å². The molecular weight excluding hydrogens is 1410 g/mol. The van der Waals surface area contributed by atoms with E-state index < -0.39 is 100 Å². The van der Waals surface area contributed by atoms with Gasteiger partial charge in [0.25, 0.3) is 0 Å². The van der Waals surface area contributed by atoms with E-state index in [0.29, 0.717) is 0 Å². The second kappa shape index (κ2) is 55.0. The third-order valence-electron chi connectivity index (χ3n) is 8.65. The predicted molar refractivity (Wildman–Crippen MR) is 179 cm³/mol. The van der Waals surface area contributed by atoms with Gasteiger partial charge in [0.2, 0.25) is 0 Å². The molecular formula is C36H76Mo6NO24-11. The SMILES string of the molecule is CCCCCCCCCCCC[NH+](CCCCCCCCCCCC)CCCCCCCCCCCC.[O]=[Mo](=[O])([O-])[O-].[O]=[Mo](=[O])([O-])[O-].[O]=[Mo](=[O])([O-])[O-].[O]=[Mo](=[O])([O-])[O-].[O]=[Mo](=[O])([O-])[O-].[O]=[Mo](=[O])([O-])[O-]. The molecule has 0 aliphatic rings. The average Bonchev–Trinajstić information content (AvgIpc) is 3.09. The van der Waals surface area contributed by atoms with E-state index in [2.05, 4.69) is 20.8 Å². The molecule has 0 aromatic heterocycles. The first kappa shape index (κ1) is 82.2. The van der Waals surface area contributed by atoms with Crippen LogP contribution in [0.5, 0.6) is 0 Å². The molecule has 0 radical (unpaired) electrons. The summed E-state index contributed by atoms with van der Waals surface area (Å²) in [6.45, 7) is 11.3. The minimum atomic E-state index is -6.02. The Morgan fingerprint density at radius 2 is 0.299 bits per heavy atom. The van der Waals surface area contributed by atoms with Gasteiger partial charge in [0.1, 0.15) is 0 Å². The molecule has 1 N–H and O–H groups in total. The van der Waals surface area contributed by atoms with Crippen molar-refractivity contribution in [3.05, 3.63) is 0 Å². The van der Waals surface area contributed by atoms with Gasteiger partial charge < -0.3 is 4.90 Å². The van der Waals surface area contributed by atoms with Crippen molar-refractivity contribution in [3.8, 4) is 0 Å². The molecule has 0 aromatic rings. The summed E-state index contributed by atoms with van der Waals surface area (Å²) < 4.78 is 207. The van der Waals surface area contributed by atoms with Crippen LogP contribution >= 0.6 is 0 Å². The Bertz CT molecular complexity index is 1360. The van der Waals surface area contributed by atoms with Crippen molar-refractivity contribution in [1.29, 1.82) is 0 Å². The van der Waals surface area contributed by atoms with Crippen molar-refractivity contribution in [3.63, 3.8) is 0 Å². The quantitative estimate of drug-likeness (QED) is 0.0482. The zero-order valence-corrected chi connectivity index (χ0v) is 51.1. The van der Waals surface area contributed by atoms with Gasteiger partial charge in [0.05, 0.1) is 19.6 Å². The van der Waals surface area contributed by atoms with E-state index in [-0.39, 0.29) is 0 Å². The van der Waals surface area contributed by atoms with Crippen LogP contribution in [-0.2, 0) is 141 Å². The normalized spacial score (nSPS) is 11.6. The van der Waals surface area contributed by atoms with Crippen molar-refractivity contribution in [2.75, 3.05) is 19.6 Å². The fourth-order valence-corrected chi connectivity index (χ4v) is 5.96. The Hall–Kier alpha value is 1.21. The predicted octanol–water partition coefficient (Wildman–Crippen LogP) is -4.07. The van der Waals surface area contributed by atoms with Crippen molar-refractivity contribution in [2.45, 2.75) is 213 Å². The average molecular weight is 1480 g/mol. The van der Waals surface area contributed by atoms with Gasteiger partial charge in [-0.25, -0.2) is 0 Å². The molecule has 0 spiro atoms. The molecule has 0 aliphatic carbocycles. The fourth-order valence-electron chi connectivity index (χ4n) is 5.96. The number of hydrogen-bond donors (Lipinski definition) is 1. The molecule has 416 valence electrons. The number of nitrogens with one attached hydrogen (secondary N) is 1. The minimum absolute atomic E-state index is 1.37. The van der Waals surface area contributed by atoms with Crippen molar-refractivity contribution in [1.82, 2.24) is 0 Å². The van der Waals surface area contributed by atoms with Crippen LogP contribution in [0.15, 0.2) is 0 Å². The molecule has 0 saturated carbocycles. The molecule has 0 heterocycles. The summed E-state index contributed by atoms with van der Waals surface area (Å²) in [7, 11) is 0. The number of quaternary nitrogens is 1. The van der Waals surface area contributed by atoms with Crippen LogP contribution < -0.4 is 50.0 Å². The molecule has 67 heavy (non-hydrogen) atoms. The summed E-state index contributed by atoms with van der Waals surface area (Å²) in [6, 6.07) is 0. The van der Waals surface area contributed by atoms with Gasteiger partial charge in [-0.3, -0.25) is 0 Å². The monoisotopic (exact) mass is 1490 g/mol. The third kappa shape index (κ3) is 206. The summed E-state index contributed by atoms with van der Waals surface area (Å²) in [5.74, 6) is 0. The first-order valence-corrected chi connectivity index (χ1v) is 41.8. The van der Waals surface area contributed by atoms with Crippen LogP contribution in [0.2, 0.25) is 0 Å². The molecule has 0 atom stereocenters. The number of rotatable bonds is 33. The summed E-state index contributed by atoms with van der Waals surface area (Å²) in [5.41, 5.74) is 0. The van der Waals surface area contributed by atoms with Gasteiger partial charge in [0, 0.05) is 0 Å². The zero-order chi connectivity index (χ0) is 53.9. The molecule has 31 heteroatoms. The Morgan fingerprint density at radius 3 is 0.403 bits per heavy atom. The van der Waals surface area contributed by atoms with Crippen molar-refractivity contribution >= 4 is 0 Å². The maximum absolute atomic E-state index is 8.63. The standard InChI is InChI=1S/C36H75N.6Mo.24O/c1-4-7-10-13-16-19-22-25-28-31-34-37(35-32-29-26-23-20-17-14-11-8-5-2)36-33-30-27-24-21-18-15-12-9-6-3;;;;;;;;;;;;;;;;;;;;;;;;;;;;;;/h4-36H2,1-3H3;;;;;;;;;;;;;;;;;;;;;;;;;;;;;;/q;;;;;;;;;;;;;;;;;;;12*-1/p+1. The third-order valence-corrected chi connectivity index (χ3v) is 8.65. The molecule has 0 unspecified atom stereocenters. The van der Waals surface area contributed by atoms with Crippen molar-refractivity contribution < 1.29 is 191 Å². The van der Waals surface area contributed by atoms with E-state index in [9.17, 15) is 0 Å². The van der Waals surface area contributed by atoms with Gasteiger partial charge in [0.15, 0.2) is 0 Å². The Morgan fingerprint density at radius 1 is 0.209 bits per heavy atom. The van der Waals surface area contributed by atoms with E-state index in [4.69, 9.17) is 85.9 Å². The van der Waals surface area contributed by atoms with Crippen LogP contribution in [-0.4, -0.2) is 19.6 Å². The van der Waals surface area contributed by atoms with Gasteiger partial charge in [-0.15, -0.1) is 0 Å². The second-order valence-electron chi connectivity index (χ2n) is 15.0. The van der Waals surface area contributed by atoms with Crippen LogP contribution in [0, 0.1) is 0 Å². The van der Waals surface area contributed by atoms with Crippen molar-refractivity contribution in [2.24, 2.45) is 0 Å². The summed E-state index contributed by atoms with van der Waals surface area (Å²) in [6.07, 6.45) is 43.9. The Labute approximate surface area is 420 Å². The first-order valence-electron chi connectivity index (χ1n) is 22.2.